The van der Waals surface area contributed by atoms with Crippen molar-refractivity contribution in [3.05, 3.63) is 0 Å². The first-order chi connectivity index (χ1) is 8.45. The SMILES string of the molecule is CNC(=O)CNC(=O)N1CCC(C(=O)O)C(C)C1. The summed E-state index contributed by atoms with van der Waals surface area (Å²) < 4.78 is 0. The van der Waals surface area contributed by atoms with E-state index in [9.17, 15) is 14.4 Å². The van der Waals surface area contributed by atoms with Crippen molar-refractivity contribution < 1.29 is 19.5 Å². The van der Waals surface area contributed by atoms with Gasteiger partial charge in [-0.1, -0.05) is 6.92 Å². The molecule has 102 valence electrons. The lowest BCUT2D eigenvalue weighted by atomic mass is 9.87. The molecule has 0 radical (unpaired) electrons. The number of hydrogen-bond donors (Lipinski definition) is 3. The lowest BCUT2D eigenvalue weighted by Crippen LogP contribution is -2.50. The number of likely N-dealkylation sites (tertiary alicyclic amines) is 1. The molecule has 0 aromatic carbocycles. The largest absolute Gasteiger partial charge is 0.481 e. The minimum absolute atomic E-state index is 0.0669. The fourth-order valence-corrected chi connectivity index (χ4v) is 2.05. The number of piperidine rings is 1. The van der Waals surface area contributed by atoms with Gasteiger partial charge >= 0.3 is 12.0 Å². The van der Waals surface area contributed by atoms with Gasteiger partial charge in [-0.2, -0.15) is 0 Å². The van der Waals surface area contributed by atoms with Crippen LogP contribution in [0.15, 0.2) is 0 Å². The predicted octanol–water partition coefficient (Wildman–Crippen LogP) is -0.515. The molecule has 1 aliphatic heterocycles. The van der Waals surface area contributed by atoms with Gasteiger partial charge in [0, 0.05) is 20.1 Å². The molecule has 1 heterocycles. The molecule has 1 rings (SSSR count). The van der Waals surface area contributed by atoms with Crippen LogP contribution in [-0.2, 0) is 9.59 Å². The Morgan fingerprint density at radius 3 is 2.56 bits per heavy atom. The predicted molar refractivity (Wildman–Crippen MR) is 63.9 cm³/mol. The zero-order valence-corrected chi connectivity index (χ0v) is 10.6. The van der Waals surface area contributed by atoms with Crippen molar-refractivity contribution in [1.29, 1.82) is 0 Å². The van der Waals surface area contributed by atoms with Crippen LogP contribution in [0.3, 0.4) is 0 Å². The van der Waals surface area contributed by atoms with Crippen molar-refractivity contribution >= 4 is 17.9 Å². The summed E-state index contributed by atoms with van der Waals surface area (Å²) in [5, 5.41) is 13.9. The van der Waals surface area contributed by atoms with Gasteiger partial charge in [-0.05, 0) is 12.3 Å². The minimum atomic E-state index is -0.812. The number of aliphatic carboxylic acids is 1. The summed E-state index contributed by atoms with van der Waals surface area (Å²) in [6.45, 7) is 2.55. The Morgan fingerprint density at radius 2 is 2.06 bits per heavy atom. The van der Waals surface area contributed by atoms with Gasteiger partial charge in [0.25, 0.3) is 0 Å². The van der Waals surface area contributed by atoms with E-state index in [1.165, 1.54) is 7.05 Å². The molecule has 1 fully saturated rings. The lowest BCUT2D eigenvalue weighted by molar-refractivity contribution is -0.145. The first-order valence-electron chi connectivity index (χ1n) is 5.92. The Labute approximate surface area is 106 Å². The highest BCUT2D eigenvalue weighted by Gasteiger charge is 2.32. The van der Waals surface area contributed by atoms with E-state index < -0.39 is 11.9 Å². The molecule has 3 amide bonds. The van der Waals surface area contributed by atoms with E-state index in [0.29, 0.717) is 19.5 Å². The van der Waals surface area contributed by atoms with Crippen LogP contribution in [0, 0.1) is 11.8 Å². The summed E-state index contributed by atoms with van der Waals surface area (Å²) in [6, 6.07) is -0.325. The third-order valence-electron chi connectivity index (χ3n) is 3.19. The second-order valence-electron chi connectivity index (χ2n) is 4.49. The average molecular weight is 257 g/mol. The summed E-state index contributed by atoms with van der Waals surface area (Å²) in [5.41, 5.74) is 0. The number of likely N-dealkylation sites (N-methyl/N-ethyl adjacent to an activating group) is 1. The van der Waals surface area contributed by atoms with E-state index in [-0.39, 0.29) is 24.4 Å². The van der Waals surface area contributed by atoms with Crippen LogP contribution in [0.25, 0.3) is 0 Å². The topological polar surface area (TPSA) is 98.7 Å². The quantitative estimate of drug-likeness (QED) is 0.634. The third-order valence-corrected chi connectivity index (χ3v) is 3.19. The first kappa shape index (κ1) is 14.3. The molecule has 3 N–H and O–H groups in total. The first-order valence-corrected chi connectivity index (χ1v) is 5.92. The fourth-order valence-electron chi connectivity index (χ4n) is 2.05. The lowest BCUT2D eigenvalue weighted by Gasteiger charge is -2.34. The summed E-state index contributed by atoms with van der Waals surface area (Å²) in [5.74, 6) is -1.56. The molecule has 1 saturated heterocycles. The number of carbonyl (C=O) groups is 3. The monoisotopic (exact) mass is 257 g/mol. The van der Waals surface area contributed by atoms with Crippen molar-refractivity contribution in [3.8, 4) is 0 Å². The van der Waals surface area contributed by atoms with Crippen LogP contribution < -0.4 is 10.6 Å². The Bertz CT molecular complexity index is 345. The number of amides is 3. The standard InChI is InChI=1S/C11H19N3O4/c1-7-6-14(4-3-8(7)10(16)17)11(18)13-5-9(15)12-2/h7-8H,3-6H2,1-2H3,(H,12,15)(H,13,18)(H,16,17). The molecule has 0 aromatic heterocycles. The smallest absolute Gasteiger partial charge is 0.317 e. The fraction of sp³-hybridized carbons (Fsp3) is 0.727. The van der Waals surface area contributed by atoms with Crippen molar-refractivity contribution in [2.45, 2.75) is 13.3 Å². The molecule has 2 unspecified atom stereocenters. The maximum Gasteiger partial charge on any atom is 0.317 e. The number of nitrogens with one attached hydrogen (secondary N) is 2. The minimum Gasteiger partial charge on any atom is -0.481 e. The van der Waals surface area contributed by atoms with Crippen LogP contribution >= 0.6 is 0 Å². The van der Waals surface area contributed by atoms with Crippen molar-refractivity contribution in [1.82, 2.24) is 15.5 Å². The molecule has 18 heavy (non-hydrogen) atoms. The Balaban J connectivity index is 2.43. The third kappa shape index (κ3) is 3.61. The van der Waals surface area contributed by atoms with Gasteiger partial charge in [-0.3, -0.25) is 9.59 Å². The molecule has 7 heteroatoms. The van der Waals surface area contributed by atoms with Crippen LogP contribution in [-0.4, -0.2) is 54.6 Å². The Hall–Kier alpha value is -1.79. The number of urea groups is 1. The van der Waals surface area contributed by atoms with E-state index in [1.807, 2.05) is 6.92 Å². The van der Waals surface area contributed by atoms with Crippen molar-refractivity contribution in [2.75, 3.05) is 26.7 Å². The second kappa shape index (κ2) is 6.23. The van der Waals surface area contributed by atoms with Crippen LogP contribution in [0.4, 0.5) is 4.79 Å². The zero-order valence-electron chi connectivity index (χ0n) is 10.6. The zero-order chi connectivity index (χ0) is 13.7. The van der Waals surface area contributed by atoms with Gasteiger partial charge in [-0.25, -0.2) is 4.79 Å². The Morgan fingerprint density at radius 1 is 1.39 bits per heavy atom. The average Bonchev–Trinajstić information content (AvgIpc) is 2.34. The summed E-state index contributed by atoms with van der Waals surface area (Å²) in [4.78, 5) is 35.2. The number of carboxylic acids is 1. The Kier molecular flexibility index (Phi) is 4.94. The van der Waals surface area contributed by atoms with Crippen LogP contribution in [0.2, 0.25) is 0 Å². The second-order valence-corrected chi connectivity index (χ2v) is 4.49. The molecular weight excluding hydrogens is 238 g/mol. The van der Waals surface area contributed by atoms with Gasteiger partial charge in [-0.15, -0.1) is 0 Å². The molecule has 0 bridgehead atoms. The highest BCUT2D eigenvalue weighted by molar-refractivity contribution is 5.83. The van der Waals surface area contributed by atoms with Gasteiger partial charge in [0.1, 0.15) is 0 Å². The number of carboxylic acid groups (broad SMARTS) is 1. The van der Waals surface area contributed by atoms with Gasteiger partial charge in [0.15, 0.2) is 0 Å². The summed E-state index contributed by atoms with van der Waals surface area (Å²) in [6.07, 6.45) is 0.448. The van der Waals surface area contributed by atoms with Crippen molar-refractivity contribution in [3.63, 3.8) is 0 Å². The molecule has 2 atom stereocenters. The summed E-state index contributed by atoms with van der Waals surface area (Å²) in [7, 11) is 1.49. The van der Waals surface area contributed by atoms with Crippen molar-refractivity contribution in [2.24, 2.45) is 11.8 Å². The van der Waals surface area contributed by atoms with E-state index in [2.05, 4.69) is 10.6 Å². The normalized spacial score (nSPS) is 23.3. The van der Waals surface area contributed by atoms with Gasteiger partial charge in [0.05, 0.1) is 12.5 Å². The van der Waals surface area contributed by atoms with Gasteiger partial charge < -0.3 is 20.6 Å². The highest BCUT2D eigenvalue weighted by Crippen LogP contribution is 2.23. The van der Waals surface area contributed by atoms with Gasteiger partial charge in [0.2, 0.25) is 5.91 Å². The highest BCUT2D eigenvalue weighted by atomic mass is 16.4. The number of rotatable bonds is 3. The molecule has 0 saturated carbocycles. The summed E-state index contributed by atoms with van der Waals surface area (Å²) >= 11 is 0. The molecule has 0 aliphatic carbocycles. The molecule has 0 spiro atoms. The number of hydrogen-bond acceptors (Lipinski definition) is 3. The molecule has 0 aromatic rings. The molecule has 1 aliphatic rings. The number of carbonyl (C=O) groups excluding carboxylic acids is 2. The molecule has 7 nitrogen and oxygen atoms in total. The number of nitrogens with zero attached hydrogens (tertiary/aromatic N) is 1. The van der Waals surface area contributed by atoms with E-state index in [0.717, 1.165) is 0 Å². The van der Waals surface area contributed by atoms with E-state index in [4.69, 9.17) is 5.11 Å². The molecular formula is C11H19N3O4. The van der Waals surface area contributed by atoms with E-state index >= 15 is 0 Å². The maximum absolute atomic E-state index is 11.7. The maximum atomic E-state index is 11.7. The van der Waals surface area contributed by atoms with Crippen LogP contribution in [0.5, 0.6) is 0 Å². The van der Waals surface area contributed by atoms with E-state index in [1.54, 1.807) is 4.90 Å². The van der Waals surface area contributed by atoms with Crippen LogP contribution in [0.1, 0.15) is 13.3 Å².